The quantitative estimate of drug-likeness (QED) is 0.505. The third kappa shape index (κ3) is 4.92. The fourth-order valence-corrected chi connectivity index (χ4v) is 4.49. The number of carbonyl (C=O) groups excluding carboxylic acids is 3. The highest BCUT2D eigenvalue weighted by Gasteiger charge is 2.55. The van der Waals surface area contributed by atoms with Crippen molar-refractivity contribution in [2.75, 3.05) is 6.61 Å². The minimum Gasteiger partial charge on any atom is -0.463 e. The first-order chi connectivity index (χ1) is 13.8. The largest absolute Gasteiger partial charge is 0.463 e. The molecule has 3 atom stereocenters. The summed E-state index contributed by atoms with van der Waals surface area (Å²) in [6.45, 7) is 9.58. The number of amides is 1. The number of cyclic esters (lactones) is 1. The van der Waals surface area contributed by atoms with E-state index in [4.69, 9.17) is 14.2 Å². The van der Waals surface area contributed by atoms with Gasteiger partial charge in [-0.3, -0.25) is 0 Å². The zero-order chi connectivity index (χ0) is 22.9. The summed E-state index contributed by atoms with van der Waals surface area (Å²) in [7, 11) is -4.49. The van der Waals surface area contributed by atoms with Crippen molar-refractivity contribution >= 4 is 28.1 Å². The molecule has 0 bridgehead atoms. The summed E-state index contributed by atoms with van der Waals surface area (Å²) in [6, 6.07) is 4.21. The molecule has 0 N–H and O–H groups in total. The van der Waals surface area contributed by atoms with Crippen LogP contribution in [0.1, 0.15) is 40.2 Å². The number of esters is 2. The number of benzene rings is 1. The van der Waals surface area contributed by atoms with Crippen LogP contribution < -0.4 is 0 Å². The highest BCUT2D eigenvalue weighted by molar-refractivity contribution is 7.89. The van der Waals surface area contributed by atoms with Gasteiger partial charge in [-0.05, 0) is 46.8 Å². The van der Waals surface area contributed by atoms with E-state index in [2.05, 4.69) is 0 Å². The van der Waals surface area contributed by atoms with Crippen molar-refractivity contribution in [2.45, 2.75) is 64.2 Å². The maximum absolute atomic E-state index is 13.4. The van der Waals surface area contributed by atoms with Crippen molar-refractivity contribution in [2.24, 2.45) is 5.92 Å². The van der Waals surface area contributed by atoms with E-state index in [0.717, 1.165) is 5.56 Å². The van der Waals surface area contributed by atoms with Gasteiger partial charge in [0.2, 0.25) is 6.10 Å². The number of rotatable bonds is 5. The van der Waals surface area contributed by atoms with E-state index in [1.54, 1.807) is 46.8 Å². The summed E-state index contributed by atoms with van der Waals surface area (Å²) in [4.78, 5) is 37.5. The van der Waals surface area contributed by atoms with Crippen LogP contribution >= 0.6 is 0 Å². The monoisotopic (exact) mass is 441 g/mol. The van der Waals surface area contributed by atoms with Gasteiger partial charge in [0.05, 0.1) is 11.5 Å². The molecule has 1 heterocycles. The predicted molar refractivity (Wildman–Crippen MR) is 106 cm³/mol. The van der Waals surface area contributed by atoms with Crippen molar-refractivity contribution in [1.29, 1.82) is 0 Å². The first-order valence-electron chi connectivity index (χ1n) is 9.50. The van der Waals surface area contributed by atoms with Gasteiger partial charge in [-0.15, -0.1) is 0 Å². The van der Waals surface area contributed by atoms with E-state index in [0.29, 0.717) is 4.31 Å². The zero-order valence-electron chi connectivity index (χ0n) is 17.9. The van der Waals surface area contributed by atoms with Crippen molar-refractivity contribution in [3.05, 3.63) is 29.8 Å². The van der Waals surface area contributed by atoms with Crippen molar-refractivity contribution < 1.29 is 37.0 Å². The Kier molecular flexibility index (Phi) is 6.80. The van der Waals surface area contributed by atoms with Crippen LogP contribution in [-0.2, 0) is 33.8 Å². The lowest BCUT2D eigenvalue weighted by Gasteiger charge is -2.30. The van der Waals surface area contributed by atoms with E-state index < -0.39 is 51.7 Å². The number of hydrogen-bond acceptors (Lipinski definition) is 8. The number of nitrogens with zero attached hydrogens (tertiary/aromatic N) is 1. The molecule has 1 aliphatic rings. The molecule has 1 fully saturated rings. The third-order valence-corrected chi connectivity index (χ3v) is 6.14. The fourth-order valence-electron chi connectivity index (χ4n) is 2.97. The van der Waals surface area contributed by atoms with Crippen molar-refractivity contribution in [1.82, 2.24) is 4.31 Å². The molecule has 1 saturated heterocycles. The summed E-state index contributed by atoms with van der Waals surface area (Å²) in [5.41, 5.74) is -0.210. The number of sulfonamides is 1. The third-order valence-electron chi connectivity index (χ3n) is 4.38. The van der Waals surface area contributed by atoms with Gasteiger partial charge in [0.25, 0.3) is 10.0 Å². The Bertz CT molecular complexity index is 917. The van der Waals surface area contributed by atoms with Crippen LogP contribution in [0.3, 0.4) is 0 Å². The molecular formula is C20H27NO8S. The van der Waals surface area contributed by atoms with Gasteiger partial charge >= 0.3 is 18.0 Å². The average Bonchev–Trinajstić information content (AvgIpc) is 2.89. The summed E-state index contributed by atoms with van der Waals surface area (Å²) in [6.07, 6.45) is -2.57. The molecule has 9 nitrogen and oxygen atoms in total. The van der Waals surface area contributed by atoms with Crippen LogP contribution in [0.2, 0.25) is 0 Å². The Labute approximate surface area is 176 Å². The number of aryl methyl sites for hydroxylation is 1. The van der Waals surface area contributed by atoms with Gasteiger partial charge in [-0.2, -0.15) is 4.31 Å². The standard InChI is InChI=1S/C20H27NO8S/c1-7-27-18(23)16-13(3)15(17(22)28-16)21(19(24)29-20(4,5)6)30(25,26)14-10-8-12(2)9-11-14/h8-11,13,15-16H,7H2,1-6H3/t13-,15-,16-/m1/s1. The lowest BCUT2D eigenvalue weighted by Crippen LogP contribution is -2.51. The van der Waals surface area contributed by atoms with Crippen LogP contribution in [0, 0.1) is 12.8 Å². The summed E-state index contributed by atoms with van der Waals surface area (Å²) in [5, 5.41) is 0. The van der Waals surface area contributed by atoms with Gasteiger partial charge in [0, 0.05) is 5.92 Å². The number of ether oxygens (including phenoxy) is 3. The lowest BCUT2D eigenvalue weighted by molar-refractivity contribution is -0.162. The summed E-state index contributed by atoms with van der Waals surface area (Å²) >= 11 is 0. The molecule has 0 aliphatic carbocycles. The van der Waals surface area contributed by atoms with E-state index in [-0.39, 0.29) is 11.5 Å². The Morgan fingerprint density at radius 3 is 2.23 bits per heavy atom. The minimum absolute atomic E-state index is 0.0573. The Balaban J connectivity index is 2.54. The minimum atomic E-state index is -4.49. The summed E-state index contributed by atoms with van der Waals surface area (Å²) in [5.74, 6) is -2.82. The van der Waals surface area contributed by atoms with E-state index in [9.17, 15) is 22.8 Å². The topological polar surface area (TPSA) is 116 Å². The molecule has 10 heteroatoms. The zero-order valence-corrected chi connectivity index (χ0v) is 18.7. The number of hydrogen-bond donors (Lipinski definition) is 0. The molecule has 30 heavy (non-hydrogen) atoms. The molecular weight excluding hydrogens is 414 g/mol. The van der Waals surface area contributed by atoms with E-state index >= 15 is 0 Å². The maximum atomic E-state index is 13.4. The Morgan fingerprint density at radius 2 is 1.73 bits per heavy atom. The second-order valence-corrected chi connectivity index (χ2v) is 9.82. The van der Waals surface area contributed by atoms with Gasteiger partial charge in [0.1, 0.15) is 5.60 Å². The number of carbonyl (C=O) groups is 3. The van der Waals surface area contributed by atoms with Gasteiger partial charge in [-0.25, -0.2) is 22.8 Å². The van der Waals surface area contributed by atoms with Crippen LogP contribution in [0.15, 0.2) is 29.2 Å². The smallest absolute Gasteiger partial charge is 0.425 e. The molecule has 0 unspecified atom stereocenters. The van der Waals surface area contributed by atoms with Crippen LogP contribution in [0.4, 0.5) is 4.79 Å². The highest BCUT2D eigenvalue weighted by atomic mass is 32.2. The van der Waals surface area contributed by atoms with Crippen molar-refractivity contribution in [3.63, 3.8) is 0 Å². The molecule has 1 aliphatic heterocycles. The first-order valence-corrected chi connectivity index (χ1v) is 10.9. The SMILES string of the molecule is CCOC(=O)[C@@H]1OC(=O)[C@H](N(C(=O)OC(C)(C)C)S(=O)(=O)c2ccc(C)cc2)[C@H]1C. The van der Waals surface area contributed by atoms with Gasteiger partial charge < -0.3 is 14.2 Å². The van der Waals surface area contributed by atoms with Crippen LogP contribution in [0.5, 0.6) is 0 Å². The second-order valence-electron chi connectivity index (χ2n) is 8.01. The van der Waals surface area contributed by atoms with Gasteiger partial charge in [-0.1, -0.05) is 24.6 Å². The molecule has 2 rings (SSSR count). The van der Waals surface area contributed by atoms with E-state index in [1.165, 1.54) is 19.1 Å². The molecule has 0 spiro atoms. The molecule has 0 radical (unpaired) electrons. The molecule has 1 amide bonds. The highest BCUT2D eigenvalue weighted by Crippen LogP contribution is 2.33. The first kappa shape index (κ1) is 23.7. The van der Waals surface area contributed by atoms with Crippen molar-refractivity contribution in [3.8, 4) is 0 Å². The van der Waals surface area contributed by atoms with Crippen LogP contribution in [0.25, 0.3) is 0 Å². The molecule has 1 aromatic rings. The molecule has 0 saturated carbocycles. The Morgan fingerprint density at radius 1 is 1.17 bits per heavy atom. The lowest BCUT2D eigenvalue weighted by atomic mass is 9.99. The summed E-state index contributed by atoms with van der Waals surface area (Å²) < 4.78 is 42.3. The van der Waals surface area contributed by atoms with Crippen LogP contribution in [-0.4, -0.2) is 55.1 Å². The van der Waals surface area contributed by atoms with E-state index in [1.807, 2.05) is 0 Å². The second kappa shape index (κ2) is 8.63. The predicted octanol–water partition coefficient (Wildman–Crippen LogP) is 2.41. The fraction of sp³-hybridized carbons (Fsp3) is 0.550. The molecule has 0 aromatic heterocycles. The molecule has 166 valence electrons. The maximum Gasteiger partial charge on any atom is 0.425 e. The Hall–Kier alpha value is -2.62. The van der Waals surface area contributed by atoms with Gasteiger partial charge in [0.15, 0.2) is 6.04 Å². The molecule has 1 aromatic carbocycles. The average molecular weight is 442 g/mol. The normalized spacial score (nSPS) is 21.7.